The summed E-state index contributed by atoms with van der Waals surface area (Å²) in [5.74, 6) is 4.50. The van der Waals surface area contributed by atoms with Crippen molar-refractivity contribution < 1.29 is 1.43 Å². The number of rotatable bonds is 4. The molecule has 3 heteroatoms. The highest BCUT2D eigenvalue weighted by molar-refractivity contribution is 5.83. The third-order valence-electron chi connectivity index (χ3n) is 10.7. The quantitative estimate of drug-likeness (QED) is 0.368. The average Bonchev–Trinajstić information content (AvgIpc) is 2.95. The first-order valence-electron chi connectivity index (χ1n) is 11.9. The maximum absolute atomic E-state index is 9.02. The lowest BCUT2D eigenvalue weighted by Gasteiger charge is -2.46. The van der Waals surface area contributed by atoms with E-state index in [1.165, 1.54) is 69.6 Å². The topological polar surface area (TPSA) is 62.2 Å². The second-order valence-corrected chi connectivity index (χ2v) is 11.3. The fraction of sp³-hybridized carbons (Fsp3) is 0.769. The lowest BCUT2D eigenvalue weighted by molar-refractivity contribution is 0.0429. The average molecular weight is 394 g/mol. The minimum atomic E-state index is 0. The van der Waals surface area contributed by atoms with Gasteiger partial charge < -0.3 is 5.73 Å². The molecule has 0 saturated heterocycles. The van der Waals surface area contributed by atoms with E-state index in [9.17, 15) is 0 Å². The highest BCUT2D eigenvalue weighted by Crippen LogP contribution is 2.92. The monoisotopic (exact) mass is 393 g/mol. The van der Waals surface area contributed by atoms with Gasteiger partial charge in [-0.15, -0.1) is 0 Å². The fourth-order valence-corrected chi connectivity index (χ4v) is 9.81. The zero-order valence-electron chi connectivity index (χ0n) is 18.3. The molecule has 0 aliphatic heterocycles. The third-order valence-corrected chi connectivity index (χ3v) is 10.7. The molecule has 5 aliphatic rings. The molecule has 0 heterocycles. The molecule has 29 heavy (non-hydrogen) atoms. The van der Waals surface area contributed by atoms with E-state index >= 15 is 0 Å². The molecule has 5 aliphatic carbocycles. The van der Waals surface area contributed by atoms with Crippen LogP contribution in [0.5, 0.6) is 0 Å². The summed E-state index contributed by atoms with van der Waals surface area (Å²) in [4.78, 5) is 4.50. The molecule has 3 nitrogen and oxygen atoms in total. The normalized spacial score (nSPS) is 50.4. The van der Waals surface area contributed by atoms with Gasteiger partial charge >= 0.3 is 0 Å². The fourth-order valence-electron chi connectivity index (χ4n) is 9.81. The molecule has 0 bridgehead atoms. The van der Waals surface area contributed by atoms with Crippen molar-refractivity contribution in [1.29, 1.82) is 5.26 Å². The molecule has 5 saturated carbocycles. The number of aliphatic imine (C=N–C) groups is 1. The van der Waals surface area contributed by atoms with E-state index in [-0.39, 0.29) is 1.43 Å². The highest BCUT2D eigenvalue weighted by Gasteiger charge is 2.85. The minimum absolute atomic E-state index is 0. The standard InChI is InChI=1S/C26H37N3.H2/c1-17-6-10-25-20(12-17)7-11-26(25)22-5-4-21(24(22,3)9-8-23(25)26)18(2)15-29-16-19(13-27)14-28;/h13,16-17,20-23H,2,4-12,15,27H2,1,3H3;1H/b19-13-,29-16?;. The summed E-state index contributed by atoms with van der Waals surface area (Å²) < 4.78 is 0. The summed E-state index contributed by atoms with van der Waals surface area (Å²) in [6.07, 6.45) is 16.0. The van der Waals surface area contributed by atoms with E-state index < -0.39 is 0 Å². The summed E-state index contributed by atoms with van der Waals surface area (Å²) >= 11 is 0. The first-order chi connectivity index (χ1) is 13.9. The second kappa shape index (κ2) is 6.47. The van der Waals surface area contributed by atoms with Gasteiger partial charge in [0.15, 0.2) is 0 Å². The van der Waals surface area contributed by atoms with Crippen molar-refractivity contribution >= 4 is 6.21 Å². The minimum Gasteiger partial charge on any atom is -0.403 e. The first-order valence-corrected chi connectivity index (χ1v) is 11.9. The van der Waals surface area contributed by atoms with Crippen LogP contribution in [0.2, 0.25) is 0 Å². The lowest BCUT2D eigenvalue weighted by Crippen LogP contribution is -2.39. The van der Waals surface area contributed by atoms with Gasteiger partial charge in [0.05, 0.1) is 12.1 Å². The van der Waals surface area contributed by atoms with Crippen molar-refractivity contribution in [2.75, 3.05) is 6.54 Å². The Hall–Kier alpha value is -1.56. The molecular weight excluding hydrogens is 354 g/mol. The Morgan fingerprint density at radius 3 is 2.72 bits per heavy atom. The summed E-state index contributed by atoms with van der Waals surface area (Å²) in [6.45, 7) is 10.2. The van der Waals surface area contributed by atoms with Crippen molar-refractivity contribution in [2.45, 2.75) is 71.6 Å². The Kier molecular flexibility index (Phi) is 4.33. The van der Waals surface area contributed by atoms with E-state index in [1.54, 1.807) is 6.21 Å². The van der Waals surface area contributed by atoms with Crippen LogP contribution in [0.1, 0.15) is 73.1 Å². The third kappa shape index (κ3) is 2.32. The maximum Gasteiger partial charge on any atom is 0.102 e. The van der Waals surface area contributed by atoms with Gasteiger partial charge in [-0.2, -0.15) is 5.26 Å². The Labute approximate surface area is 178 Å². The van der Waals surface area contributed by atoms with E-state index in [0.717, 1.165) is 29.1 Å². The van der Waals surface area contributed by atoms with Gasteiger partial charge in [0.1, 0.15) is 6.07 Å². The molecule has 5 fully saturated rings. The molecular formula is C26H39N3. The zero-order valence-corrected chi connectivity index (χ0v) is 18.3. The Balaban J connectivity index is 0.00000218. The second-order valence-electron chi connectivity index (χ2n) is 11.3. The molecule has 8 unspecified atom stereocenters. The molecule has 5 rings (SSSR count). The molecule has 0 aromatic rings. The van der Waals surface area contributed by atoms with Gasteiger partial charge in [-0.05, 0) is 97.2 Å². The lowest BCUT2D eigenvalue weighted by atomic mass is 9.59. The van der Waals surface area contributed by atoms with Crippen LogP contribution >= 0.6 is 0 Å². The Morgan fingerprint density at radius 2 is 1.97 bits per heavy atom. The Bertz CT molecular complexity index is 825. The summed E-state index contributed by atoms with van der Waals surface area (Å²) in [6, 6.07) is 2.07. The van der Waals surface area contributed by atoms with Crippen molar-refractivity contribution in [1.82, 2.24) is 0 Å². The largest absolute Gasteiger partial charge is 0.403 e. The number of allylic oxidation sites excluding steroid dienone is 1. The van der Waals surface area contributed by atoms with Gasteiger partial charge in [-0.25, -0.2) is 0 Å². The van der Waals surface area contributed by atoms with E-state index in [1.807, 2.05) is 0 Å². The number of fused-ring (bicyclic) bond motifs is 1. The summed E-state index contributed by atoms with van der Waals surface area (Å²) in [7, 11) is 0. The number of hydrogen-bond acceptors (Lipinski definition) is 3. The smallest absolute Gasteiger partial charge is 0.102 e. The number of nitriles is 1. The molecule has 2 N–H and O–H groups in total. The summed E-state index contributed by atoms with van der Waals surface area (Å²) in [5.41, 5.74) is 8.98. The molecule has 0 amide bonds. The van der Waals surface area contributed by atoms with Crippen molar-refractivity contribution in [2.24, 2.45) is 56.6 Å². The van der Waals surface area contributed by atoms with Gasteiger partial charge in [-0.1, -0.05) is 32.4 Å². The predicted molar refractivity (Wildman–Crippen MR) is 120 cm³/mol. The van der Waals surface area contributed by atoms with Crippen molar-refractivity contribution in [3.8, 4) is 6.07 Å². The highest BCUT2D eigenvalue weighted by atomic mass is 14.9. The first kappa shape index (κ1) is 19.4. The molecule has 158 valence electrons. The van der Waals surface area contributed by atoms with E-state index in [0.29, 0.717) is 28.9 Å². The number of nitrogens with zero attached hydrogens (tertiary/aromatic N) is 2. The van der Waals surface area contributed by atoms with Crippen molar-refractivity contribution in [3.05, 3.63) is 23.9 Å². The van der Waals surface area contributed by atoms with Gasteiger partial charge in [0.2, 0.25) is 0 Å². The Morgan fingerprint density at radius 1 is 1.17 bits per heavy atom. The van der Waals surface area contributed by atoms with Gasteiger partial charge in [0.25, 0.3) is 0 Å². The van der Waals surface area contributed by atoms with Crippen molar-refractivity contribution in [3.63, 3.8) is 0 Å². The van der Waals surface area contributed by atoms with Gasteiger partial charge in [0, 0.05) is 13.8 Å². The molecule has 2 spiro atoms. The van der Waals surface area contributed by atoms with Gasteiger partial charge in [-0.3, -0.25) is 4.99 Å². The zero-order chi connectivity index (χ0) is 20.4. The number of nitrogens with two attached hydrogens (primary N) is 1. The van der Waals surface area contributed by atoms with Crippen LogP contribution in [0, 0.1) is 57.2 Å². The van der Waals surface area contributed by atoms with E-state index in [2.05, 4.69) is 31.5 Å². The van der Waals surface area contributed by atoms with Crippen LogP contribution in [0.25, 0.3) is 0 Å². The SMILES string of the molecule is C=C(CN=C/C(C#N)=C\N)C1CCC2C1(C)CCC1C34CCC(C)CC3CCC214.[HH]. The van der Waals surface area contributed by atoms with Crippen LogP contribution in [-0.4, -0.2) is 12.8 Å². The molecule has 8 atom stereocenters. The van der Waals surface area contributed by atoms with Crippen LogP contribution in [0.15, 0.2) is 28.9 Å². The van der Waals surface area contributed by atoms with E-state index in [4.69, 9.17) is 11.0 Å². The predicted octanol–water partition coefficient (Wildman–Crippen LogP) is 5.88. The van der Waals surface area contributed by atoms with Crippen LogP contribution in [0.4, 0.5) is 0 Å². The maximum atomic E-state index is 9.02. The summed E-state index contributed by atoms with van der Waals surface area (Å²) in [5, 5.41) is 9.02. The molecule has 0 radical (unpaired) electrons. The molecule has 0 aromatic carbocycles. The molecule has 0 aromatic heterocycles. The van der Waals surface area contributed by atoms with Crippen LogP contribution in [0.3, 0.4) is 0 Å². The number of hydrogen-bond donors (Lipinski definition) is 1. The van der Waals surface area contributed by atoms with Crippen LogP contribution < -0.4 is 5.73 Å². The van der Waals surface area contributed by atoms with Crippen LogP contribution in [-0.2, 0) is 0 Å².